The maximum atomic E-state index is 5.53. The van der Waals surface area contributed by atoms with Crippen molar-refractivity contribution < 1.29 is 0 Å². The van der Waals surface area contributed by atoms with E-state index in [0.717, 1.165) is 29.0 Å². The van der Waals surface area contributed by atoms with E-state index in [4.69, 9.17) is 5.73 Å². The lowest BCUT2D eigenvalue weighted by Crippen LogP contribution is -2.03. The molecule has 0 saturated carbocycles. The number of nitrogens with two attached hydrogens (primary N) is 1. The van der Waals surface area contributed by atoms with E-state index < -0.39 is 0 Å². The van der Waals surface area contributed by atoms with Crippen molar-refractivity contribution in [1.29, 1.82) is 0 Å². The molecule has 0 amide bonds. The SMILES string of the molecule is Cl.Cl.NCCc1cc2nc(-c3ccncc3)ccn2n1. The summed E-state index contributed by atoms with van der Waals surface area (Å²) in [5, 5.41) is 4.40. The van der Waals surface area contributed by atoms with E-state index in [1.807, 2.05) is 30.5 Å². The molecule has 3 rings (SSSR count). The van der Waals surface area contributed by atoms with Gasteiger partial charge < -0.3 is 5.73 Å². The highest BCUT2D eigenvalue weighted by molar-refractivity contribution is 5.85. The third-order valence-electron chi connectivity index (χ3n) is 2.75. The summed E-state index contributed by atoms with van der Waals surface area (Å²) >= 11 is 0. The van der Waals surface area contributed by atoms with Crippen LogP contribution in [0.2, 0.25) is 0 Å². The average molecular weight is 312 g/mol. The smallest absolute Gasteiger partial charge is 0.155 e. The maximum absolute atomic E-state index is 5.53. The number of fused-ring (bicyclic) bond motifs is 1. The zero-order valence-electron chi connectivity index (χ0n) is 10.6. The first-order chi connectivity index (χ1) is 8.86. The summed E-state index contributed by atoms with van der Waals surface area (Å²) in [6.07, 6.45) is 6.21. The monoisotopic (exact) mass is 311 g/mol. The molecule has 0 aliphatic carbocycles. The Kier molecular flexibility index (Phi) is 5.88. The summed E-state index contributed by atoms with van der Waals surface area (Å²) in [5.74, 6) is 0. The summed E-state index contributed by atoms with van der Waals surface area (Å²) in [5.41, 5.74) is 9.31. The van der Waals surface area contributed by atoms with Gasteiger partial charge in [-0.3, -0.25) is 4.98 Å². The Morgan fingerprint density at radius 1 is 1.10 bits per heavy atom. The molecule has 106 valence electrons. The minimum Gasteiger partial charge on any atom is -0.330 e. The van der Waals surface area contributed by atoms with Crippen LogP contribution in [0.4, 0.5) is 0 Å². The number of rotatable bonds is 3. The van der Waals surface area contributed by atoms with Crippen LogP contribution in [0.25, 0.3) is 16.9 Å². The first kappa shape index (κ1) is 16.4. The summed E-state index contributed by atoms with van der Waals surface area (Å²) in [6, 6.07) is 7.80. The molecule has 0 spiro atoms. The van der Waals surface area contributed by atoms with Crippen molar-refractivity contribution >= 4 is 30.5 Å². The van der Waals surface area contributed by atoms with Crippen molar-refractivity contribution in [2.45, 2.75) is 6.42 Å². The van der Waals surface area contributed by atoms with Crippen LogP contribution in [0, 0.1) is 0 Å². The molecular weight excluding hydrogens is 297 g/mol. The van der Waals surface area contributed by atoms with Crippen molar-refractivity contribution in [3.05, 3.63) is 48.5 Å². The molecule has 7 heteroatoms. The topological polar surface area (TPSA) is 69.1 Å². The van der Waals surface area contributed by atoms with Crippen LogP contribution in [-0.2, 0) is 6.42 Å². The molecule has 0 bridgehead atoms. The first-order valence-corrected chi connectivity index (χ1v) is 5.82. The number of nitrogens with zero attached hydrogens (tertiary/aromatic N) is 4. The van der Waals surface area contributed by atoms with E-state index in [-0.39, 0.29) is 24.8 Å². The van der Waals surface area contributed by atoms with Gasteiger partial charge in [-0.15, -0.1) is 24.8 Å². The van der Waals surface area contributed by atoms with Gasteiger partial charge in [-0.1, -0.05) is 0 Å². The van der Waals surface area contributed by atoms with Gasteiger partial charge >= 0.3 is 0 Å². The van der Waals surface area contributed by atoms with E-state index >= 15 is 0 Å². The van der Waals surface area contributed by atoms with Gasteiger partial charge in [0.25, 0.3) is 0 Å². The molecule has 0 aliphatic rings. The second-order valence-electron chi connectivity index (χ2n) is 4.03. The molecule has 2 N–H and O–H groups in total. The van der Waals surface area contributed by atoms with Crippen LogP contribution in [0.1, 0.15) is 5.69 Å². The Morgan fingerprint density at radius 3 is 2.55 bits per heavy atom. The van der Waals surface area contributed by atoms with Gasteiger partial charge in [0, 0.05) is 36.6 Å². The summed E-state index contributed by atoms with van der Waals surface area (Å²) in [6.45, 7) is 0.598. The zero-order valence-corrected chi connectivity index (χ0v) is 12.3. The summed E-state index contributed by atoms with van der Waals surface area (Å²) in [4.78, 5) is 8.58. The number of halogens is 2. The van der Waals surface area contributed by atoms with E-state index in [0.29, 0.717) is 6.54 Å². The van der Waals surface area contributed by atoms with E-state index in [9.17, 15) is 0 Å². The normalized spacial score (nSPS) is 9.85. The second kappa shape index (κ2) is 7.19. The Morgan fingerprint density at radius 2 is 1.85 bits per heavy atom. The number of aromatic nitrogens is 4. The highest BCUT2D eigenvalue weighted by Gasteiger charge is 2.04. The molecule has 0 unspecified atom stereocenters. The Balaban J connectivity index is 0.000001000. The average Bonchev–Trinajstić information content (AvgIpc) is 2.81. The van der Waals surface area contributed by atoms with Crippen molar-refractivity contribution in [3.8, 4) is 11.3 Å². The third kappa shape index (κ3) is 3.25. The predicted octanol–water partition coefficient (Wildman–Crippen LogP) is 2.14. The number of hydrogen-bond donors (Lipinski definition) is 1. The van der Waals surface area contributed by atoms with Gasteiger partial charge in [0.15, 0.2) is 5.65 Å². The van der Waals surface area contributed by atoms with Crippen molar-refractivity contribution in [2.75, 3.05) is 6.54 Å². The third-order valence-corrected chi connectivity index (χ3v) is 2.75. The first-order valence-electron chi connectivity index (χ1n) is 5.82. The standard InChI is InChI=1S/C13H13N5.2ClH/c14-5-1-11-9-13-16-12(4-8-18(13)17-11)10-2-6-15-7-3-10;;/h2-4,6-9H,1,5,14H2;2*1H. The molecule has 5 nitrogen and oxygen atoms in total. The molecule has 3 heterocycles. The molecule has 0 aliphatic heterocycles. The van der Waals surface area contributed by atoms with Crippen LogP contribution >= 0.6 is 24.8 Å². The van der Waals surface area contributed by atoms with Crippen LogP contribution in [0.3, 0.4) is 0 Å². The van der Waals surface area contributed by atoms with E-state index in [1.54, 1.807) is 16.9 Å². The fraction of sp³-hybridized carbons (Fsp3) is 0.154. The summed E-state index contributed by atoms with van der Waals surface area (Å²) in [7, 11) is 0. The van der Waals surface area contributed by atoms with Crippen molar-refractivity contribution in [1.82, 2.24) is 19.6 Å². The maximum Gasteiger partial charge on any atom is 0.155 e. The van der Waals surface area contributed by atoms with Gasteiger partial charge in [0.1, 0.15) is 0 Å². The molecule has 0 atom stereocenters. The molecular formula is C13H15Cl2N5. The highest BCUT2D eigenvalue weighted by Crippen LogP contribution is 2.16. The van der Waals surface area contributed by atoms with Crippen LogP contribution in [0.15, 0.2) is 42.9 Å². The summed E-state index contributed by atoms with van der Waals surface area (Å²) < 4.78 is 1.77. The Labute approximate surface area is 129 Å². The fourth-order valence-electron chi connectivity index (χ4n) is 1.88. The lowest BCUT2D eigenvalue weighted by molar-refractivity contribution is 0.855. The molecule has 0 aromatic carbocycles. The van der Waals surface area contributed by atoms with Gasteiger partial charge in [0.05, 0.1) is 11.4 Å². The largest absolute Gasteiger partial charge is 0.330 e. The lowest BCUT2D eigenvalue weighted by atomic mass is 10.2. The van der Waals surface area contributed by atoms with Crippen LogP contribution in [-0.4, -0.2) is 26.1 Å². The minimum atomic E-state index is 0. The number of pyridine rings is 1. The second-order valence-corrected chi connectivity index (χ2v) is 4.03. The molecule has 0 radical (unpaired) electrons. The van der Waals surface area contributed by atoms with E-state index in [2.05, 4.69) is 15.1 Å². The van der Waals surface area contributed by atoms with Crippen LogP contribution in [0.5, 0.6) is 0 Å². The lowest BCUT2D eigenvalue weighted by Gasteiger charge is -2.00. The molecule has 0 saturated heterocycles. The Hall–Kier alpha value is -1.69. The van der Waals surface area contributed by atoms with E-state index in [1.165, 1.54) is 0 Å². The quantitative estimate of drug-likeness (QED) is 0.804. The fourth-order valence-corrected chi connectivity index (χ4v) is 1.88. The predicted molar refractivity (Wildman–Crippen MR) is 83.5 cm³/mol. The molecule has 3 aromatic heterocycles. The molecule has 0 fully saturated rings. The van der Waals surface area contributed by atoms with Crippen LogP contribution < -0.4 is 5.73 Å². The molecule has 20 heavy (non-hydrogen) atoms. The highest BCUT2D eigenvalue weighted by atomic mass is 35.5. The zero-order chi connectivity index (χ0) is 12.4. The molecule has 3 aromatic rings. The number of hydrogen-bond acceptors (Lipinski definition) is 4. The Bertz CT molecular complexity index is 669. The van der Waals surface area contributed by atoms with Crippen molar-refractivity contribution in [2.24, 2.45) is 5.73 Å². The minimum absolute atomic E-state index is 0. The van der Waals surface area contributed by atoms with Gasteiger partial charge in [-0.05, 0) is 24.7 Å². The van der Waals surface area contributed by atoms with Gasteiger partial charge in [-0.2, -0.15) is 5.10 Å². The van der Waals surface area contributed by atoms with Gasteiger partial charge in [-0.25, -0.2) is 9.50 Å². The van der Waals surface area contributed by atoms with Crippen molar-refractivity contribution in [3.63, 3.8) is 0 Å². The van der Waals surface area contributed by atoms with Gasteiger partial charge in [0.2, 0.25) is 0 Å².